The van der Waals surface area contributed by atoms with E-state index in [1.807, 2.05) is 0 Å². The second-order valence-electron chi connectivity index (χ2n) is 4.64. The zero-order chi connectivity index (χ0) is 11.8. The minimum absolute atomic E-state index is 0.715. The van der Waals surface area contributed by atoms with Crippen LogP contribution in [0.25, 0.3) is 0 Å². The molecule has 0 aromatic rings. The van der Waals surface area contributed by atoms with Crippen molar-refractivity contribution in [3.63, 3.8) is 0 Å². The first-order valence-corrected chi connectivity index (χ1v) is 7.51. The molecule has 92 valence electrons. The highest BCUT2D eigenvalue weighted by molar-refractivity contribution is 7.99. The Balaban J connectivity index is 2.13. The first kappa shape index (κ1) is 13.9. The van der Waals surface area contributed by atoms with Crippen LogP contribution in [-0.2, 0) is 0 Å². The molecular weight excluding hydrogens is 216 g/mol. The zero-order valence-corrected chi connectivity index (χ0v) is 11.4. The van der Waals surface area contributed by atoms with Gasteiger partial charge in [-0.1, -0.05) is 6.92 Å². The molecule has 16 heavy (non-hydrogen) atoms. The third-order valence-corrected chi connectivity index (χ3v) is 4.66. The average molecular weight is 240 g/mol. The van der Waals surface area contributed by atoms with Gasteiger partial charge >= 0.3 is 0 Å². The van der Waals surface area contributed by atoms with Crippen LogP contribution in [0.1, 0.15) is 45.4 Å². The molecule has 0 heterocycles. The summed E-state index contributed by atoms with van der Waals surface area (Å²) >= 11 is 2.12. The van der Waals surface area contributed by atoms with E-state index in [2.05, 4.69) is 36.7 Å². The van der Waals surface area contributed by atoms with E-state index in [0.29, 0.717) is 6.42 Å². The molecule has 2 nitrogen and oxygen atoms in total. The van der Waals surface area contributed by atoms with Crippen LogP contribution >= 0.6 is 11.8 Å². The van der Waals surface area contributed by atoms with Crippen molar-refractivity contribution in [2.24, 2.45) is 0 Å². The number of hydrogen-bond acceptors (Lipinski definition) is 3. The Kier molecular flexibility index (Phi) is 6.91. The van der Waals surface area contributed by atoms with Gasteiger partial charge in [0.25, 0.3) is 0 Å². The Bertz CT molecular complexity index is 224. The van der Waals surface area contributed by atoms with Crippen molar-refractivity contribution in [2.75, 3.05) is 19.3 Å². The topological polar surface area (TPSA) is 27.0 Å². The van der Waals surface area contributed by atoms with Gasteiger partial charge in [0, 0.05) is 17.7 Å². The molecule has 0 saturated heterocycles. The van der Waals surface area contributed by atoms with E-state index in [1.54, 1.807) is 0 Å². The fourth-order valence-corrected chi connectivity index (χ4v) is 3.59. The van der Waals surface area contributed by atoms with Gasteiger partial charge in [0.1, 0.15) is 0 Å². The van der Waals surface area contributed by atoms with Crippen molar-refractivity contribution < 1.29 is 0 Å². The van der Waals surface area contributed by atoms with Crippen LogP contribution in [0.5, 0.6) is 0 Å². The van der Waals surface area contributed by atoms with Crippen LogP contribution in [0.3, 0.4) is 0 Å². The van der Waals surface area contributed by atoms with Crippen molar-refractivity contribution in [1.82, 2.24) is 4.90 Å². The van der Waals surface area contributed by atoms with E-state index in [1.165, 1.54) is 31.4 Å². The average Bonchev–Trinajstić information content (AvgIpc) is 2.73. The van der Waals surface area contributed by atoms with E-state index >= 15 is 0 Å². The summed E-state index contributed by atoms with van der Waals surface area (Å²) in [5.41, 5.74) is 0. The van der Waals surface area contributed by atoms with E-state index in [0.717, 1.165) is 24.3 Å². The summed E-state index contributed by atoms with van der Waals surface area (Å²) in [5, 5.41) is 9.37. The second kappa shape index (κ2) is 7.97. The third-order valence-electron chi connectivity index (χ3n) is 3.43. The molecular formula is C13H24N2S. The maximum absolute atomic E-state index is 8.47. The molecule has 1 aliphatic carbocycles. The summed E-state index contributed by atoms with van der Waals surface area (Å²) in [6.45, 7) is 3.42. The maximum Gasteiger partial charge on any atom is 0.0621 e. The van der Waals surface area contributed by atoms with Crippen LogP contribution in [0.4, 0.5) is 0 Å². The molecule has 1 saturated carbocycles. The van der Waals surface area contributed by atoms with E-state index in [4.69, 9.17) is 5.26 Å². The molecule has 0 amide bonds. The highest BCUT2D eigenvalue weighted by atomic mass is 32.2. The zero-order valence-electron chi connectivity index (χ0n) is 10.6. The van der Waals surface area contributed by atoms with Gasteiger partial charge in [0.2, 0.25) is 0 Å². The lowest BCUT2D eigenvalue weighted by atomic mass is 10.2. The summed E-state index contributed by atoms with van der Waals surface area (Å²) in [7, 11) is 2.25. The van der Waals surface area contributed by atoms with Gasteiger partial charge in [-0.3, -0.25) is 0 Å². The molecule has 2 atom stereocenters. The van der Waals surface area contributed by atoms with Crippen molar-refractivity contribution in [2.45, 2.75) is 56.7 Å². The summed E-state index contributed by atoms with van der Waals surface area (Å²) in [5.74, 6) is 1.25. The Labute approximate surface area is 104 Å². The molecule has 3 heteroatoms. The monoisotopic (exact) mass is 240 g/mol. The van der Waals surface area contributed by atoms with Gasteiger partial charge in [-0.05, 0) is 51.4 Å². The summed E-state index contributed by atoms with van der Waals surface area (Å²) in [6, 6.07) is 3.01. The molecule has 0 aromatic carbocycles. The predicted octanol–water partition coefficient (Wildman–Crippen LogP) is 3.29. The lowest BCUT2D eigenvalue weighted by Gasteiger charge is -2.24. The molecule has 0 unspecified atom stereocenters. The predicted molar refractivity (Wildman–Crippen MR) is 71.7 cm³/mol. The van der Waals surface area contributed by atoms with Crippen LogP contribution in [-0.4, -0.2) is 35.5 Å². The van der Waals surface area contributed by atoms with Gasteiger partial charge < -0.3 is 4.90 Å². The molecule has 1 fully saturated rings. The molecule has 1 aliphatic rings. The standard InChI is InChI=1S/C13H24N2S/c1-3-16-13-8-7-12(11-13)15(2)10-6-4-5-9-14/h12-13H,3-8,10-11H2,1-2H3/t12-,13+/m1/s1. The first-order chi connectivity index (χ1) is 7.77. The van der Waals surface area contributed by atoms with Crippen molar-refractivity contribution >= 4 is 11.8 Å². The molecule has 0 radical (unpaired) electrons. The van der Waals surface area contributed by atoms with Gasteiger partial charge in [0.15, 0.2) is 0 Å². The number of rotatable bonds is 7. The second-order valence-corrected chi connectivity index (χ2v) is 6.22. The van der Waals surface area contributed by atoms with Gasteiger partial charge in [-0.15, -0.1) is 0 Å². The normalized spacial score (nSPS) is 24.9. The lowest BCUT2D eigenvalue weighted by molar-refractivity contribution is 0.241. The summed E-state index contributed by atoms with van der Waals surface area (Å²) in [4.78, 5) is 2.51. The first-order valence-electron chi connectivity index (χ1n) is 6.46. The number of hydrogen-bond donors (Lipinski definition) is 0. The largest absolute Gasteiger partial charge is 0.303 e. The highest BCUT2D eigenvalue weighted by Crippen LogP contribution is 2.32. The van der Waals surface area contributed by atoms with Crippen LogP contribution in [0.2, 0.25) is 0 Å². The molecule has 1 rings (SSSR count). The lowest BCUT2D eigenvalue weighted by Crippen LogP contribution is -2.30. The molecule has 0 aliphatic heterocycles. The van der Waals surface area contributed by atoms with Crippen LogP contribution in [0, 0.1) is 11.3 Å². The smallest absolute Gasteiger partial charge is 0.0621 e. The fraction of sp³-hybridized carbons (Fsp3) is 0.923. The summed E-state index contributed by atoms with van der Waals surface area (Å²) < 4.78 is 0. The van der Waals surface area contributed by atoms with Gasteiger partial charge in [-0.2, -0.15) is 17.0 Å². The Morgan fingerprint density at radius 3 is 2.88 bits per heavy atom. The van der Waals surface area contributed by atoms with Crippen molar-refractivity contribution in [3.05, 3.63) is 0 Å². The highest BCUT2D eigenvalue weighted by Gasteiger charge is 2.26. The Morgan fingerprint density at radius 2 is 2.19 bits per heavy atom. The van der Waals surface area contributed by atoms with E-state index in [-0.39, 0.29) is 0 Å². The maximum atomic E-state index is 8.47. The van der Waals surface area contributed by atoms with E-state index < -0.39 is 0 Å². The third kappa shape index (κ3) is 4.76. The molecule has 0 N–H and O–H groups in total. The number of thioether (sulfide) groups is 1. The molecule has 0 aromatic heterocycles. The summed E-state index contributed by atoms with van der Waals surface area (Å²) in [6.07, 6.45) is 7.07. The van der Waals surface area contributed by atoms with Gasteiger partial charge in [0.05, 0.1) is 6.07 Å². The minimum Gasteiger partial charge on any atom is -0.303 e. The Hall–Kier alpha value is -0.200. The number of nitriles is 1. The van der Waals surface area contributed by atoms with Crippen LogP contribution < -0.4 is 0 Å². The minimum atomic E-state index is 0.715. The molecule has 0 bridgehead atoms. The number of unbranched alkanes of at least 4 members (excludes halogenated alkanes) is 2. The Morgan fingerprint density at radius 1 is 1.38 bits per heavy atom. The van der Waals surface area contributed by atoms with E-state index in [9.17, 15) is 0 Å². The van der Waals surface area contributed by atoms with Crippen molar-refractivity contribution in [3.8, 4) is 6.07 Å². The van der Waals surface area contributed by atoms with Crippen LogP contribution in [0.15, 0.2) is 0 Å². The van der Waals surface area contributed by atoms with Gasteiger partial charge in [-0.25, -0.2) is 0 Å². The quantitative estimate of drug-likeness (QED) is 0.639. The fourth-order valence-electron chi connectivity index (χ4n) is 2.45. The molecule has 0 spiro atoms. The number of nitrogens with zero attached hydrogens (tertiary/aromatic N) is 2. The van der Waals surface area contributed by atoms with Crippen molar-refractivity contribution in [1.29, 1.82) is 5.26 Å². The SMILES string of the molecule is CCS[C@H]1CC[C@@H](N(C)CCCCC#N)C1.